The number of aromatic nitrogens is 3. The second-order valence-corrected chi connectivity index (χ2v) is 6.80. The third-order valence-electron chi connectivity index (χ3n) is 4.87. The lowest BCUT2D eigenvalue weighted by atomic mass is 10.00. The highest BCUT2D eigenvalue weighted by molar-refractivity contribution is 5.95. The molecular weight excluding hydrogens is 430 g/mol. The van der Waals surface area contributed by atoms with Gasteiger partial charge < -0.3 is 10.4 Å². The van der Waals surface area contributed by atoms with Crippen molar-refractivity contribution in [3.05, 3.63) is 81.6 Å². The molecule has 0 bridgehead atoms. The Kier molecular flexibility index (Phi) is 6.81. The molecule has 4 rings (SSSR count). The zero-order valence-electron chi connectivity index (χ0n) is 18.5. The lowest BCUT2D eigenvalue weighted by Crippen LogP contribution is -2.21. The Bertz CT molecular complexity index is 1400. The van der Waals surface area contributed by atoms with Gasteiger partial charge in [0.2, 0.25) is 5.95 Å². The fraction of sp³-hybridized carbons (Fsp3) is 0.167. The van der Waals surface area contributed by atoms with Gasteiger partial charge in [0, 0.05) is 24.1 Å². The minimum absolute atomic E-state index is 0.0222. The third-order valence-corrected chi connectivity index (χ3v) is 4.87. The summed E-state index contributed by atoms with van der Waals surface area (Å²) in [5.41, 5.74) is 0.322. The first-order valence-electron chi connectivity index (χ1n) is 10.2. The molecule has 7 nitrogen and oxygen atoms in total. The van der Waals surface area contributed by atoms with Crippen molar-refractivity contribution in [1.82, 2.24) is 14.5 Å². The number of aryl methyl sites for hydroxylation is 1. The van der Waals surface area contributed by atoms with Crippen LogP contribution in [-0.4, -0.2) is 32.7 Å². The van der Waals surface area contributed by atoms with Crippen molar-refractivity contribution in [3.63, 3.8) is 0 Å². The van der Waals surface area contributed by atoms with E-state index in [-0.39, 0.29) is 17.2 Å². The van der Waals surface area contributed by atoms with Crippen LogP contribution in [0.4, 0.5) is 14.7 Å². The Morgan fingerprint density at radius 1 is 1.03 bits per heavy atom. The first-order valence-corrected chi connectivity index (χ1v) is 10.2. The number of para-hydroxylation sites is 1. The van der Waals surface area contributed by atoms with Gasteiger partial charge in [-0.2, -0.15) is 4.98 Å². The summed E-state index contributed by atoms with van der Waals surface area (Å²) in [4.78, 5) is 32.9. The van der Waals surface area contributed by atoms with Crippen molar-refractivity contribution in [3.8, 4) is 16.9 Å². The fourth-order valence-electron chi connectivity index (χ4n) is 3.36. The molecule has 0 amide bonds. The zero-order chi connectivity index (χ0) is 24.3. The number of carbonyl (C=O) groups is 1. The van der Waals surface area contributed by atoms with Crippen molar-refractivity contribution >= 4 is 23.0 Å². The van der Waals surface area contributed by atoms with Gasteiger partial charge in [0.15, 0.2) is 5.65 Å². The summed E-state index contributed by atoms with van der Waals surface area (Å²) in [6.45, 7) is 5.78. The van der Waals surface area contributed by atoms with Gasteiger partial charge in [-0.15, -0.1) is 0 Å². The minimum Gasteiger partial charge on any atom is -0.478 e. The third kappa shape index (κ3) is 4.30. The highest BCUT2D eigenvalue weighted by Gasteiger charge is 2.20. The molecule has 0 aliphatic carbocycles. The number of halogens is 2. The average Bonchev–Trinajstić information content (AvgIpc) is 2.81. The van der Waals surface area contributed by atoms with E-state index in [2.05, 4.69) is 15.3 Å². The molecule has 2 aromatic carbocycles. The molecule has 2 N–H and O–H groups in total. The predicted octanol–water partition coefficient (Wildman–Crippen LogP) is 4.80. The number of fused-ring (bicyclic) bond motifs is 1. The van der Waals surface area contributed by atoms with E-state index in [0.717, 1.165) is 28.3 Å². The molecule has 0 unspecified atom stereocenters. The number of anilines is 1. The molecule has 9 heteroatoms. The quantitative estimate of drug-likeness (QED) is 0.462. The van der Waals surface area contributed by atoms with Gasteiger partial charge in [0.05, 0.1) is 11.3 Å². The van der Waals surface area contributed by atoms with Crippen molar-refractivity contribution < 1.29 is 18.7 Å². The zero-order valence-corrected chi connectivity index (χ0v) is 18.5. The monoisotopic (exact) mass is 452 g/mol. The van der Waals surface area contributed by atoms with E-state index in [1.165, 1.54) is 24.3 Å². The van der Waals surface area contributed by atoms with E-state index >= 15 is 0 Å². The molecule has 0 saturated heterocycles. The Hall–Kier alpha value is -4.14. The number of hydrogen-bond donors (Lipinski definition) is 2. The molecular formula is C24H22F2N4O3. The Morgan fingerprint density at radius 2 is 1.70 bits per heavy atom. The molecule has 170 valence electrons. The normalized spacial score (nSPS) is 10.5. The number of aromatic carboxylic acids is 1. The summed E-state index contributed by atoms with van der Waals surface area (Å²) in [5, 5.41) is 12.5. The van der Waals surface area contributed by atoms with Crippen LogP contribution in [0.1, 0.15) is 29.8 Å². The van der Waals surface area contributed by atoms with E-state index in [1.807, 2.05) is 13.8 Å². The summed E-state index contributed by atoms with van der Waals surface area (Å²) < 4.78 is 29.9. The Morgan fingerprint density at radius 3 is 2.30 bits per heavy atom. The topological polar surface area (TPSA) is 97.1 Å². The van der Waals surface area contributed by atoms with Gasteiger partial charge in [-0.25, -0.2) is 18.6 Å². The number of pyridine rings is 1. The number of hydrogen-bond acceptors (Lipinski definition) is 5. The van der Waals surface area contributed by atoms with Crippen LogP contribution in [0.5, 0.6) is 0 Å². The first kappa shape index (κ1) is 23.5. The SMILES string of the molecule is CC.CNc1nc(-c2cc(C(=O)O)ccc2C)c2ccc(=O)n(-c3c(F)cccc3F)c2n1. The van der Waals surface area contributed by atoms with E-state index in [1.54, 1.807) is 20.0 Å². The van der Waals surface area contributed by atoms with Crippen LogP contribution in [0.25, 0.3) is 28.0 Å². The summed E-state index contributed by atoms with van der Waals surface area (Å²) in [6.07, 6.45) is 0. The lowest BCUT2D eigenvalue weighted by molar-refractivity contribution is 0.0697. The minimum atomic E-state index is -1.11. The summed E-state index contributed by atoms with van der Waals surface area (Å²) in [5.74, 6) is -2.87. The van der Waals surface area contributed by atoms with Gasteiger partial charge in [-0.05, 0) is 42.8 Å². The smallest absolute Gasteiger partial charge is 0.335 e. The van der Waals surface area contributed by atoms with E-state index in [0.29, 0.717) is 16.6 Å². The van der Waals surface area contributed by atoms with Crippen LogP contribution in [-0.2, 0) is 0 Å². The fourth-order valence-corrected chi connectivity index (χ4v) is 3.36. The van der Waals surface area contributed by atoms with Crippen LogP contribution in [0.2, 0.25) is 0 Å². The number of carboxylic acids is 1. The maximum atomic E-state index is 14.5. The van der Waals surface area contributed by atoms with Crippen LogP contribution < -0.4 is 10.9 Å². The van der Waals surface area contributed by atoms with Crippen LogP contribution >= 0.6 is 0 Å². The number of nitrogens with one attached hydrogen (secondary N) is 1. The summed E-state index contributed by atoms with van der Waals surface area (Å²) in [7, 11) is 1.56. The molecule has 0 saturated carbocycles. The molecule has 0 spiro atoms. The number of rotatable bonds is 4. The highest BCUT2D eigenvalue weighted by atomic mass is 19.1. The summed E-state index contributed by atoms with van der Waals surface area (Å²) in [6, 6.07) is 10.5. The molecule has 2 aromatic heterocycles. The molecule has 0 aliphatic heterocycles. The van der Waals surface area contributed by atoms with E-state index in [9.17, 15) is 23.5 Å². The molecule has 0 fully saturated rings. The molecule has 33 heavy (non-hydrogen) atoms. The van der Waals surface area contributed by atoms with Crippen molar-refractivity contribution in [2.24, 2.45) is 0 Å². The van der Waals surface area contributed by atoms with Crippen LogP contribution in [0, 0.1) is 18.6 Å². The van der Waals surface area contributed by atoms with E-state index in [4.69, 9.17) is 0 Å². The number of carboxylic acid groups (broad SMARTS) is 1. The van der Waals surface area contributed by atoms with Crippen LogP contribution in [0.3, 0.4) is 0 Å². The standard InChI is InChI=1S/C22H16F2N4O3.C2H6/c1-11-6-7-12(21(30)31)10-14(11)18-13-8-9-17(29)28(20(13)27-22(25-2)26-18)19-15(23)4-3-5-16(19)24;1-2/h3-10H,1-2H3,(H,30,31)(H,25,26,27);1-2H3. The largest absolute Gasteiger partial charge is 0.478 e. The maximum absolute atomic E-state index is 14.5. The van der Waals surface area contributed by atoms with Crippen molar-refractivity contribution in [1.29, 1.82) is 0 Å². The van der Waals surface area contributed by atoms with Crippen molar-refractivity contribution in [2.75, 3.05) is 12.4 Å². The molecule has 0 radical (unpaired) electrons. The Labute approximate surface area is 188 Å². The van der Waals surface area contributed by atoms with Gasteiger partial charge in [0.25, 0.3) is 5.56 Å². The predicted molar refractivity (Wildman–Crippen MR) is 123 cm³/mol. The van der Waals surface area contributed by atoms with Gasteiger partial charge in [-0.1, -0.05) is 26.0 Å². The second kappa shape index (κ2) is 9.56. The van der Waals surface area contributed by atoms with Gasteiger partial charge in [0.1, 0.15) is 17.3 Å². The van der Waals surface area contributed by atoms with Crippen LogP contribution in [0.15, 0.2) is 53.3 Å². The number of nitrogens with zero attached hydrogens (tertiary/aromatic N) is 3. The first-order chi connectivity index (χ1) is 15.8. The molecule has 0 atom stereocenters. The van der Waals surface area contributed by atoms with Gasteiger partial charge >= 0.3 is 5.97 Å². The molecule has 4 aromatic rings. The van der Waals surface area contributed by atoms with Gasteiger partial charge in [-0.3, -0.25) is 9.36 Å². The average molecular weight is 452 g/mol. The Balaban J connectivity index is 0.00000149. The lowest BCUT2D eigenvalue weighted by Gasteiger charge is -2.15. The van der Waals surface area contributed by atoms with Crippen molar-refractivity contribution in [2.45, 2.75) is 20.8 Å². The summed E-state index contributed by atoms with van der Waals surface area (Å²) >= 11 is 0. The molecule has 0 aliphatic rings. The number of benzene rings is 2. The second-order valence-electron chi connectivity index (χ2n) is 6.80. The maximum Gasteiger partial charge on any atom is 0.335 e. The highest BCUT2D eigenvalue weighted by Crippen LogP contribution is 2.31. The van der Waals surface area contributed by atoms with E-state index < -0.39 is 28.9 Å². The molecule has 2 heterocycles.